The quantitative estimate of drug-likeness (QED) is 0.604. The van der Waals surface area contributed by atoms with Gasteiger partial charge in [-0.1, -0.05) is 15.9 Å². The molecule has 0 amide bonds. The van der Waals surface area contributed by atoms with Gasteiger partial charge in [0.05, 0.1) is 0 Å². The predicted molar refractivity (Wildman–Crippen MR) is 38.6 cm³/mol. The molecule has 8 heavy (non-hydrogen) atoms. The fraction of sp³-hybridized carbons (Fsp3) is 0. The third-order valence-electron chi connectivity index (χ3n) is 0.870. The summed E-state index contributed by atoms with van der Waals surface area (Å²) < 4.78 is 1.06. The molecule has 1 aromatic carbocycles. The van der Waals surface area contributed by atoms with Gasteiger partial charge in [-0.25, -0.2) is 0 Å². The van der Waals surface area contributed by atoms with Crippen molar-refractivity contribution in [3.05, 3.63) is 28.7 Å². The number of anilines is 1. The number of benzene rings is 1. The topological polar surface area (TPSA) is 26.0 Å². The van der Waals surface area contributed by atoms with Gasteiger partial charge < -0.3 is 5.73 Å². The average Bonchev–Trinajstić information content (AvgIpc) is 1.77. The highest BCUT2D eigenvalue weighted by molar-refractivity contribution is 9.10. The monoisotopic (exact) mass is 177 g/mol. The first-order valence-electron chi connectivity index (χ1n) is 2.30. The summed E-state index contributed by atoms with van der Waals surface area (Å²) in [4.78, 5) is 0. The van der Waals surface area contributed by atoms with Gasteiger partial charge in [0.2, 0.25) is 0 Å². The third kappa shape index (κ3) is 1.23. The highest BCUT2D eigenvalue weighted by atomic mass is 79.9. The van der Waals surface area contributed by atoms with E-state index >= 15 is 0 Å². The molecule has 0 aliphatic rings. The predicted octanol–water partition coefficient (Wildman–Crippen LogP) is 2.03. The van der Waals surface area contributed by atoms with E-state index in [9.17, 15) is 0 Å². The van der Waals surface area contributed by atoms with E-state index in [1.54, 1.807) is 0 Å². The van der Waals surface area contributed by atoms with Crippen molar-refractivity contribution in [2.24, 2.45) is 0 Å². The van der Waals surface area contributed by atoms with E-state index < -0.39 is 0 Å². The van der Waals surface area contributed by atoms with E-state index in [1.165, 1.54) is 0 Å². The number of halogens is 1. The van der Waals surface area contributed by atoms with Gasteiger partial charge >= 0.3 is 0 Å². The van der Waals surface area contributed by atoms with Crippen molar-refractivity contribution in [2.75, 3.05) is 5.73 Å². The second kappa shape index (κ2) is 2.18. The number of nitrogens with two attached hydrogens (primary N) is 1. The van der Waals surface area contributed by atoms with E-state index in [1.807, 2.05) is 24.3 Å². The van der Waals surface area contributed by atoms with Crippen LogP contribution in [0.5, 0.6) is 0 Å². The lowest BCUT2D eigenvalue weighted by Crippen LogP contribution is -1.80. The van der Waals surface area contributed by atoms with Crippen LogP contribution in [-0.4, -0.2) is 0 Å². The minimum Gasteiger partial charge on any atom is -0.399 e. The second-order valence-corrected chi connectivity index (χ2v) is 2.47. The highest BCUT2D eigenvalue weighted by Crippen LogP contribution is 2.10. The first-order valence-corrected chi connectivity index (χ1v) is 3.09. The minimum atomic E-state index is 0.799. The Bertz CT molecular complexity index is 147. The maximum Gasteiger partial charge on any atom is 0.0314 e. The Balaban J connectivity index is 3.03. The van der Waals surface area contributed by atoms with Crippen LogP contribution < -0.4 is 5.73 Å². The molecule has 2 heteroatoms. The summed E-state index contributed by atoms with van der Waals surface area (Å²) in [7, 11) is 0. The fourth-order valence-electron chi connectivity index (χ4n) is 0.463. The lowest BCUT2D eigenvalue weighted by atomic mass is 11.3. The van der Waals surface area contributed by atoms with Crippen molar-refractivity contribution in [3.8, 4) is 0 Å². The molecule has 0 unspecified atom stereocenters. The van der Waals surface area contributed by atoms with Gasteiger partial charge in [-0.05, 0) is 24.3 Å². The molecule has 0 atom stereocenters. The summed E-state index contributed by atoms with van der Waals surface area (Å²) in [5, 5.41) is 0. The minimum absolute atomic E-state index is 0.799. The molecular formula is C6H6BrN. The Hall–Kier alpha value is -0.500. The van der Waals surface area contributed by atoms with E-state index in [0.29, 0.717) is 0 Å². The molecule has 1 nitrogen and oxygen atoms in total. The summed E-state index contributed by atoms with van der Waals surface area (Å²) in [6, 6.07) is 7.53. The van der Waals surface area contributed by atoms with Gasteiger partial charge in [0, 0.05) is 10.2 Å². The molecule has 0 aliphatic carbocycles. The van der Waals surface area contributed by atoms with Crippen LogP contribution in [0.25, 0.3) is 0 Å². The van der Waals surface area contributed by atoms with Crippen LogP contribution >= 0.6 is 15.9 Å². The van der Waals surface area contributed by atoms with E-state index in [2.05, 4.69) is 15.9 Å². The van der Waals surface area contributed by atoms with Crippen LogP contribution in [0.4, 0.5) is 5.69 Å². The van der Waals surface area contributed by atoms with Crippen LogP contribution in [0.1, 0.15) is 0 Å². The Kier molecular flexibility index (Phi) is 1.53. The maximum absolute atomic E-state index is 5.41. The van der Waals surface area contributed by atoms with Crippen molar-refractivity contribution >= 4 is 21.6 Å². The average molecular weight is 178 g/mol. The molecule has 0 bridgehead atoms. The molecule has 0 heterocycles. The highest BCUT2D eigenvalue weighted by Gasteiger charge is 1.81. The maximum atomic E-state index is 5.41. The zero-order valence-corrected chi connectivity index (χ0v) is 5.85. The zero-order valence-electron chi connectivity index (χ0n) is 4.26. The Morgan fingerprint density at radius 2 is 1.62 bits per heavy atom. The SMILES string of the molecule is N[13c]1[13cH][13cH][13c](Br)[13cH][13cH]1. The third-order valence-corrected chi connectivity index (χ3v) is 1.40. The summed E-state index contributed by atoms with van der Waals surface area (Å²) >= 11 is 3.29. The molecule has 0 saturated heterocycles. The molecule has 2 N–H and O–H groups in total. The van der Waals surface area contributed by atoms with Gasteiger partial charge in [-0.3, -0.25) is 0 Å². The largest absolute Gasteiger partial charge is 0.399 e. The van der Waals surface area contributed by atoms with Gasteiger partial charge in [0.1, 0.15) is 0 Å². The molecule has 0 saturated carbocycles. The molecule has 0 aromatic heterocycles. The van der Waals surface area contributed by atoms with Crippen molar-refractivity contribution in [3.63, 3.8) is 0 Å². The molecule has 42 valence electrons. The van der Waals surface area contributed by atoms with Crippen LogP contribution in [0, 0.1) is 0 Å². The summed E-state index contributed by atoms with van der Waals surface area (Å²) in [6.45, 7) is 0. The van der Waals surface area contributed by atoms with E-state index in [-0.39, 0.29) is 0 Å². The van der Waals surface area contributed by atoms with Crippen molar-refractivity contribution in [1.29, 1.82) is 0 Å². The fourth-order valence-corrected chi connectivity index (χ4v) is 0.727. The number of nitrogen functional groups attached to an aromatic ring is 1. The zero-order chi connectivity index (χ0) is 5.98. The smallest absolute Gasteiger partial charge is 0.0314 e. The standard InChI is InChI=1S/C6H6BrN/c7-5-1-3-6(8)4-2-5/h1-4H,8H2/i1+1,2+1,3+1,4+1,5+1,6+1. The van der Waals surface area contributed by atoms with Gasteiger partial charge in [-0.15, -0.1) is 0 Å². The van der Waals surface area contributed by atoms with E-state index in [4.69, 9.17) is 5.73 Å². The lowest BCUT2D eigenvalue weighted by molar-refractivity contribution is 1.64. The van der Waals surface area contributed by atoms with Crippen LogP contribution in [0.15, 0.2) is 28.7 Å². The molecule has 1 rings (SSSR count). The van der Waals surface area contributed by atoms with Crippen LogP contribution in [0.3, 0.4) is 0 Å². The molecule has 1 aromatic rings. The Labute approximate surface area is 56.6 Å². The van der Waals surface area contributed by atoms with Crippen molar-refractivity contribution in [2.45, 2.75) is 0 Å². The summed E-state index contributed by atoms with van der Waals surface area (Å²) in [5.74, 6) is 0. The first-order chi connectivity index (χ1) is 3.79. The van der Waals surface area contributed by atoms with Crippen LogP contribution in [0.2, 0.25) is 0 Å². The second-order valence-electron chi connectivity index (χ2n) is 1.55. The van der Waals surface area contributed by atoms with Gasteiger partial charge in [0.15, 0.2) is 0 Å². The van der Waals surface area contributed by atoms with Crippen molar-refractivity contribution < 1.29 is 0 Å². The molecule has 0 fully saturated rings. The Morgan fingerprint density at radius 1 is 1.12 bits per heavy atom. The van der Waals surface area contributed by atoms with Gasteiger partial charge in [0.25, 0.3) is 0 Å². The van der Waals surface area contributed by atoms with Crippen molar-refractivity contribution in [1.82, 2.24) is 0 Å². The molecular weight excluding hydrogens is 172 g/mol. The number of rotatable bonds is 0. The van der Waals surface area contributed by atoms with Gasteiger partial charge in [-0.2, -0.15) is 0 Å². The number of hydrogen-bond donors (Lipinski definition) is 1. The summed E-state index contributed by atoms with van der Waals surface area (Å²) in [5.41, 5.74) is 6.21. The van der Waals surface area contributed by atoms with E-state index in [0.717, 1.165) is 10.2 Å². The Morgan fingerprint density at radius 3 is 2.00 bits per heavy atom. The summed E-state index contributed by atoms with van der Waals surface area (Å²) in [6.07, 6.45) is 0. The lowest BCUT2D eigenvalue weighted by Gasteiger charge is -1.88. The molecule has 0 spiro atoms. The van der Waals surface area contributed by atoms with Crippen LogP contribution in [-0.2, 0) is 0 Å². The number of hydrogen-bond acceptors (Lipinski definition) is 1. The molecule has 0 radical (unpaired) electrons. The first kappa shape index (κ1) is 5.63. The normalized spacial score (nSPS) is 9.12. The molecule has 0 aliphatic heterocycles.